The molecule has 0 heterocycles. The minimum absolute atomic E-state index is 0.00248. The third-order valence-electron chi connectivity index (χ3n) is 3.85. The molecule has 0 spiro atoms. The molecule has 2 rings (SSSR count). The van der Waals surface area contributed by atoms with Gasteiger partial charge in [-0.05, 0) is 25.7 Å². The average molecular weight is 356 g/mol. The van der Waals surface area contributed by atoms with Crippen LogP contribution >= 0.6 is 0 Å². The summed E-state index contributed by atoms with van der Waals surface area (Å²) in [5, 5.41) is 17.0. The number of rotatable bonds is 9. The molecule has 0 aliphatic carbocycles. The number of nitro groups is 1. The maximum absolute atomic E-state index is 12.3. The van der Waals surface area contributed by atoms with E-state index >= 15 is 0 Å². The Morgan fingerprint density at radius 1 is 1.12 bits per heavy atom. The molecule has 2 aromatic rings. The van der Waals surface area contributed by atoms with Gasteiger partial charge in [-0.1, -0.05) is 42.5 Å². The van der Waals surface area contributed by atoms with Crippen molar-refractivity contribution < 1.29 is 9.72 Å². The molecule has 138 valence electrons. The van der Waals surface area contributed by atoms with Crippen LogP contribution in [0.25, 0.3) is 0 Å². The summed E-state index contributed by atoms with van der Waals surface area (Å²) in [7, 11) is 3.91. The Kier molecular flexibility index (Phi) is 7.11. The molecule has 7 heteroatoms. The molecule has 7 nitrogen and oxygen atoms in total. The van der Waals surface area contributed by atoms with Gasteiger partial charge in [0, 0.05) is 25.6 Å². The predicted molar refractivity (Wildman–Crippen MR) is 102 cm³/mol. The summed E-state index contributed by atoms with van der Waals surface area (Å²) >= 11 is 0. The van der Waals surface area contributed by atoms with Crippen molar-refractivity contribution in [3.63, 3.8) is 0 Å². The van der Waals surface area contributed by atoms with E-state index in [1.54, 1.807) is 18.2 Å². The average Bonchev–Trinajstić information content (AvgIpc) is 2.62. The number of nitro benzene ring substituents is 1. The predicted octanol–water partition coefficient (Wildman–Crippen LogP) is 2.82. The van der Waals surface area contributed by atoms with Crippen LogP contribution in [0.15, 0.2) is 54.6 Å². The molecule has 0 fully saturated rings. The largest absolute Gasteiger partial charge is 0.379 e. The van der Waals surface area contributed by atoms with E-state index in [0.717, 1.165) is 5.56 Å². The van der Waals surface area contributed by atoms with Gasteiger partial charge < -0.3 is 15.5 Å². The van der Waals surface area contributed by atoms with E-state index in [2.05, 4.69) is 10.6 Å². The van der Waals surface area contributed by atoms with Gasteiger partial charge in [0.1, 0.15) is 5.69 Å². The van der Waals surface area contributed by atoms with Gasteiger partial charge in [-0.25, -0.2) is 0 Å². The lowest BCUT2D eigenvalue weighted by Crippen LogP contribution is -2.35. The molecule has 0 aromatic heterocycles. The van der Waals surface area contributed by atoms with Gasteiger partial charge >= 0.3 is 0 Å². The second kappa shape index (κ2) is 9.53. The van der Waals surface area contributed by atoms with Gasteiger partial charge in [-0.2, -0.15) is 0 Å². The first-order valence-electron chi connectivity index (χ1n) is 8.43. The second-order valence-corrected chi connectivity index (χ2v) is 6.24. The number of nitrogens with zero attached hydrogens (tertiary/aromatic N) is 2. The fourth-order valence-corrected chi connectivity index (χ4v) is 2.64. The molecule has 1 unspecified atom stereocenters. The van der Waals surface area contributed by atoms with E-state index in [0.29, 0.717) is 18.8 Å². The molecule has 0 aliphatic heterocycles. The highest BCUT2D eigenvalue weighted by Crippen LogP contribution is 2.23. The smallest absolute Gasteiger partial charge is 0.292 e. The number of amides is 1. The van der Waals surface area contributed by atoms with Crippen LogP contribution in [0.5, 0.6) is 0 Å². The third-order valence-corrected chi connectivity index (χ3v) is 3.85. The lowest BCUT2D eigenvalue weighted by Gasteiger charge is -2.23. The van der Waals surface area contributed by atoms with Crippen LogP contribution in [0.1, 0.15) is 18.0 Å². The van der Waals surface area contributed by atoms with Crippen molar-refractivity contribution in [3.05, 3.63) is 70.3 Å². The van der Waals surface area contributed by atoms with Crippen molar-refractivity contribution in [2.24, 2.45) is 0 Å². The highest BCUT2D eigenvalue weighted by Gasteiger charge is 2.16. The molecule has 1 atom stereocenters. The van der Waals surface area contributed by atoms with Gasteiger partial charge in [-0.15, -0.1) is 0 Å². The van der Waals surface area contributed by atoms with Crippen LogP contribution in [0.2, 0.25) is 0 Å². The molecule has 0 saturated heterocycles. The van der Waals surface area contributed by atoms with Gasteiger partial charge in [0.2, 0.25) is 5.91 Å². The van der Waals surface area contributed by atoms with Crippen LogP contribution in [-0.4, -0.2) is 42.9 Å². The zero-order valence-electron chi connectivity index (χ0n) is 15.0. The summed E-state index contributed by atoms with van der Waals surface area (Å²) in [4.78, 5) is 24.9. The number of benzene rings is 2. The van der Waals surface area contributed by atoms with Crippen LogP contribution in [0.4, 0.5) is 11.4 Å². The van der Waals surface area contributed by atoms with Crippen molar-refractivity contribution in [3.8, 4) is 0 Å². The molecule has 26 heavy (non-hydrogen) atoms. The summed E-state index contributed by atoms with van der Waals surface area (Å²) < 4.78 is 0. The summed E-state index contributed by atoms with van der Waals surface area (Å²) in [5.74, 6) is -0.105. The summed E-state index contributed by atoms with van der Waals surface area (Å²) in [6.45, 7) is 1.01. The van der Waals surface area contributed by atoms with Gasteiger partial charge in [0.25, 0.3) is 5.69 Å². The molecular weight excluding hydrogens is 332 g/mol. The molecule has 2 N–H and O–H groups in total. The zero-order valence-corrected chi connectivity index (χ0v) is 15.0. The van der Waals surface area contributed by atoms with Crippen molar-refractivity contribution in [1.82, 2.24) is 10.2 Å². The Bertz CT molecular complexity index is 735. The fraction of sp³-hybridized carbons (Fsp3) is 0.316. The standard InChI is InChI=1S/C19H24N4O3/c1-22(2)14-17(15-8-4-3-5-9-15)21-19(24)12-13-20-16-10-6-7-11-18(16)23(25)26/h3-11,17,20H,12-14H2,1-2H3,(H,21,24). The quantitative estimate of drug-likeness (QED) is 0.533. The van der Waals surface area contributed by atoms with E-state index in [4.69, 9.17) is 0 Å². The van der Waals surface area contributed by atoms with Crippen LogP contribution in [0, 0.1) is 10.1 Å². The Balaban J connectivity index is 1.91. The fourth-order valence-electron chi connectivity index (χ4n) is 2.64. The second-order valence-electron chi connectivity index (χ2n) is 6.24. The molecular formula is C19H24N4O3. The van der Waals surface area contributed by atoms with Crippen LogP contribution in [0.3, 0.4) is 0 Å². The van der Waals surface area contributed by atoms with Crippen molar-refractivity contribution >= 4 is 17.3 Å². The highest BCUT2D eigenvalue weighted by atomic mass is 16.6. The van der Waals surface area contributed by atoms with Crippen molar-refractivity contribution in [2.75, 3.05) is 32.5 Å². The number of carbonyl (C=O) groups is 1. The molecule has 0 bridgehead atoms. The number of carbonyl (C=O) groups excluding carboxylic acids is 1. The van der Waals surface area contributed by atoms with E-state index in [9.17, 15) is 14.9 Å². The van der Waals surface area contributed by atoms with E-state index in [1.165, 1.54) is 6.07 Å². The lowest BCUT2D eigenvalue weighted by molar-refractivity contribution is -0.384. The number of anilines is 1. The lowest BCUT2D eigenvalue weighted by atomic mass is 10.1. The number of hydrogen-bond donors (Lipinski definition) is 2. The SMILES string of the molecule is CN(C)CC(NC(=O)CCNc1ccccc1[N+](=O)[O-])c1ccccc1. The topological polar surface area (TPSA) is 87.5 Å². The summed E-state index contributed by atoms with van der Waals surface area (Å²) in [6.07, 6.45) is 0.225. The highest BCUT2D eigenvalue weighted by molar-refractivity contribution is 5.77. The van der Waals surface area contributed by atoms with Gasteiger partial charge in [-0.3, -0.25) is 14.9 Å². The molecule has 0 aliphatic rings. The summed E-state index contributed by atoms with van der Waals surface area (Å²) in [5.41, 5.74) is 1.46. The van der Waals surface area contributed by atoms with E-state index in [1.807, 2.05) is 49.3 Å². The first-order chi connectivity index (χ1) is 12.5. The van der Waals surface area contributed by atoms with Crippen LogP contribution < -0.4 is 10.6 Å². The van der Waals surface area contributed by atoms with E-state index in [-0.39, 0.29) is 24.1 Å². The van der Waals surface area contributed by atoms with E-state index < -0.39 is 4.92 Å². The van der Waals surface area contributed by atoms with Crippen molar-refractivity contribution in [2.45, 2.75) is 12.5 Å². The third kappa shape index (κ3) is 5.86. The van der Waals surface area contributed by atoms with Crippen LogP contribution in [-0.2, 0) is 4.79 Å². The first kappa shape index (κ1) is 19.4. The number of hydrogen-bond acceptors (Lipinski definition) is 5. The zero-order chi connectivity index (χ0) is 18.9. The number of likely N-dealkylation sites (N-methyl/N-ethyl adjacent to an activating group) is 1. The minimum atomic E-state index is -0.440. The number of para-hydroxylation sites is 2. The Labute approximate surface area is 153 Å². The monoisotopic (exact) mass is 356 g/mol. The Hall–Kier alpha value is -2.93. The normalized spacial score (nSPS) is 11.8. The first-order valence-corrected chi connectivity index (χ1v) is 8.43. The number of nitrogens with one attached hydrogen (secondary N) is 2. The Morgan fingerprint density at radius 3 is 2.42 bits per heavy atom. The molecule has 0 saturated carbocycles. The molecule has 0 radical (unpaired) electrons. The molecule has 1 amide bonds. The van der Waals surface area contributed by atoms with Gasteiger partial charge in [0.05, 0.1) is 11.0 Å². The maximum atomic E-state index is 12.3. The van der Waals surface area contributed by atoms with Gasteiger partial charge in [0.15, 0.2) is 0 Å². The molecule has 2 aromatic carbocycles. The van der Waals surface area contributed by atoms with Crippen molar-refractivity contribution in [1.29, 1.82) is 0 Å². The summed E-state index contributed by atoms with van der Waals surface area (Å²) in [6, 6.07) is 16.1. The Morgan fingerprint density at radius 2 is 1.77 bits per heavy atom. The maximum Gasteiger partial charge on any atom is 0.292 e. The minimum Gasteiger partial charge on any atom is -0.379 e.